The average Bonchev–Trinajstić information content (AvgIpc) is 2.45. The lowest BCUT2D eigenvalue weighted by Crippen LogP contribution is -2.50. The van der Waals surface area contributed by atoms with Crippen LogP contribution in [-0.4, -0.2) is 47.1 Å². The molecule has 1 aromatic rings. The molecule has 2 rings (SSSR count). The van der Waals surface area contributed by atoms with Crippen molar-refractivity contribution < 1.29 is 0 Å². The zero-order valence-corrected chi connectivity index (χ0v) is 11.7. The second-order valence-electron chi connectivity index (χ2n) is 4.95. The van der Waals surface area contributed by atoms with Gasteiger partial charge in [0.05, 0.1) is 12.1 Å². The molecule has 0 aliphatic carbocycles. The Morgan fingerprint density at radius 3 is 2.68 bits per heavy atom. The highest BCUT2D eigenvalue weighted by Crippen LogP contribution is 2.14. The maximum absolute atomic E-state index is 9.20. The van der Waals surface area contributed by atoms with Crippen molar-refractivity contribution in [1.82, 2.24) is 14.9 Å². The summed E-state index contributed by atoms with van der Waals surface area (Å²) in [7, 11) is 0. The molecule has 1 aliphatic rings. The number of rotatable bonds is 4. The third-order valence-corrected chi connectivity index (χ3v) is 3.53. The van der Waals surface area contributed by atoms with E-state index in [0.717, 1.165) is 50.7 Å². The van der Waals surface area contributed by atoms with Crippen molar-refractivity contribution >= 4 is 5.95 Å². The summed E-state index contributed by atoms with van der Waals surface area (Å²) in [5.41, 5.74) is 0.994. The van der Waals surface area contributed by atoms with Crippen molar-refractivity contribution in [3.8, 4) is 6.07 Å². The Morgan fingerprint density at radius 1 is 1.37 bits per heavy atom. The van der Waals surface area contributed by atoms with Crippen molar-refractivity contribution in [2.24, 2.45) is 0 Å². The third kappa shape index (κ3) is 3.42. The van der Waals surface area contributed by atoms with Crippen LogP contribution in [0.25, 0.3) is 0 Å². The van der Waals surface area contributed by atoms with Crippen molar-refractivity contribution in [2.75, 3.05) is 31.1 Å². The fraction of sp³-hybridized carbons (Fsp3) is 0.643. The molecular formula is C14H21N5. The minimum atomic E-state index is 0.0607. The van der Waals surface area contributed by atoms with E-state index in [-0.39, 0.29) is 6.04 Å². The van der Waals surface area contributed by atoms with Crippen LogP contribution in [0, 0.1) is 18.3 Å². The van der Waals surface area contributed by atoms with Crippen LogP contribution in [0.3, 0.4) is 0 Å². The first kappa shape index (κ1) is 13.8. The zero-order valence-electron chi connectivity index (χ0n) is 11.7. The molecule has 2 heterocycles. The summed E-state index contributed by atoms with van der Waals surface area (Å²) < 4.78 is 0. The summed E-state index contributed by atoms with van der Waals surface area (Å²) in [4.78, 5) is 13.2. The van der Waals surface area contributed by atoms with E-state index in [0.29, 0.717) is 0 Å². The highest BCUT2D eigenvalue weighted by Gasteiger charge is 2.24. The monoisotopic (exact) mass is 259 g/mol. The van der Waals surface area contributed by atoms with E-state index in [1.807, 2.05) is 13.0 Å². The van der Waals surface area contributed by atoms with Crippen LogP contribution in [0.1, 0.15) is 25.5 Å². The van der Waals surface area contributed by atoms with Crippen LogP contribution in [-0.2, 0) is 0 Å². The largest absolute Gasteiger partial charge is 0.338 e. The van der Waals surface area contributed by atoms with Gasteiger partial charge in [-0.3, -0.25) is 4.90 Å². The lowest BCUT2D eigenvalue weighted by molar-refractivity contribution is 0.210. The third-order valence-electron chi connectivity index (χ3n) is 3.53. The average molecular weight is 259 g/mol. The number of nitriles is 1. The molecule has 0 amide bonds. The molecule has 102 valence electrons. The van der Waals surface area contributed by atoms with Gasteiger partial charge < -0.3 is 4.90 Å². The Labute approximate surface area is 114 Å². The predicted octanol–water partition coefficient (Wildman–Crippen LogP) is 1.60. The molecule has 1 unspecified atom stereocenters. The maximum Gasteiger partial charge on any atom is 0.225 e. The van der Waals surface area contributed by atoms with E-state index < -0.39 is 0 Å². The second kappa shape index (κ2) is 6.48. The van der Waals surface area contributed by atoms with Gasteiger partial charge in [-0.1, -0.05) is 13.3 Å². The molecule has 1 saturated heterocycles. The van der Waals surface area contributed by atoms with Gasteiger partial charge >= 0.3 is 0 Å². The molecule has 1 aliphatic heterocycles. The Bertz CT molecular complexity index is 445. The molecular weight excluding hydrogens is 238 g/mol. The highest BCUT2D eigenvalue weighted by molar-refractivity contribution is 5.31. The number of aromatic nitrogens is 2. The van der Waals surface area contributed by atoms with E-state index in [4.69, 9.17) is 0 Å². The Hall–Kier alpha value is -1.67. The Kier molecular flexibility index (Phi) is 4.69. The summed E-state index contributed by atoms with van der Waals surface area (Å²) in [6.07, 6.45) is 3.82. The zero-order chi connectivity index (χ0) is 13.7. The number of piperazine rings is 1. The molecule has 0 aromatic carbocycles. The topological polar surface area (TPSA) is 56.1 Å². The standard InChI is InChI=1S/C14H21N5/c1-3-4-13(11-15)18-7-9-19(10-8-18)14-16-6-5-12(2)17-14/h5-6,13H,3-4,7-10H2,1-2H3. The normalized spacial score (nSPS) is 18.1. The summed E-state index contributed by atoms with van der Waals surface area (Å²) in [5, 5.41) is 9.20. The number of nitrogens with zero attached hydrogens (tertiary/aromatic N) is 5. The van der Waals surface area contributed by atoms with Crippen molar-refractivity contribution in [3.05, 3.63) is 18.0 Å². The summed E-state index contributed by atoms with van der Waals surface area (Å²) in [5.74, 6) is 0.809. The smallest absolute Gasteiger partial charge is 0.225 e. The molecule has 5 nitrogen and oxygen atoms in total. The first-order valence-corrected chi connectivity index (χ1v) is 6.93. The van der Waals surface area contributed by atoms with Crippen LogP contribution in [0.2, 0.25) is 0 Å². The molecule has 1 atom stereocenters. The molecule has 0 spiro atoms. The predicted molar refractivity (Wildman–Crippen MR) is 74.9 cm³/mol. The van der Waals surface area contributed by atoms with Crippen LogP contribution in [0.4, 0.5) is 5.95 Å². The van der Waals surface area contributed by atoms with Crippen LogP contribution < -0.4 is 4.90 Å². The summed E-state index contributed by atoms with van der Waals surface area (Å²) >= 11 is 0. The van der Waals surface area contributed by atoms with Gasteiger partial charge in [-0.25, -0.2) is 9.97 Å². The van der Waals surface area contributed by atoms with E-state index in [1.54, 1.807) is 6.20 Å². The van der Waals surface area contributed by atoms with E-state index in [2.05, 4.69) is 32.8 Å². The van der Waals surface area contributed by atoms with Crippen molar-refractivity contribution in [1.29, 1.82) is 5.26 Å². The number of hydrogen-bond donors (Lipinski definition) is 0. The quantitative estimate of drug-likeness (QED) is 0.822. The SMILES string of the molecule is CCCC(C#N)N1CCN(c2nccc(C)n2)CC1. The first-order chi connectivity index (χ1) is 9.24. The number of aryl methyl sites for hydroxylation is 1. The van der Waals surface area contributed by atoms with Crippen molar-refractivity contribution in [3.63, 3.8) is 0 Å². The van der Waals surface area contributed by atoms with Gasteiger partial charge in [0.25, 0.3) is 0 Å². The molecule has 5 heteroatoms. The lowest BCUT2D eigenvalue weighted by atomic mass is 10.1. The fourth-order valence-corrected chi connectivity index (χ4v) is 2.42. The molecule has 1 fully saturated rings. The lowest BCUT2D eigenvalue weighted by Gasteiger charge is -2.36. The Balaban J connectivity index is 1.94. The van der Waals surface area contributed by atoms with Crippen LogP contribution in [0.5, 0.6) is 0 Å². The van der Waals surface area contributed by atoms with Gasteiger partial charge in [0, 0.05) is 38.1 Å². The number of anilines is 1. The molecule has 1 aromatic heterocycles. The minimum Gasteiger partial charge on any atom is -0.338 e. The fourth-order valence-electron chi connectivity index (χ4n) is 2.42. The molecule has 0 saturated carbocycles. The molecule has 0 N–H and O–H groups in total. The molecule has 0 radical (unpaired) electrons. The van der Waals surface area contributed by atoms with Gasteiger partial charge in [-0.2, -0.15) is 5.26 Å². The van der Waals surface area contributed by atoms with Crippen LogP contribution >= 0.6 is 0 Å². The van der Waals surface area contributed by atoms with Gasteiger partial charge in [0.1, 0.15) is 0 Å². The molecule has 19 heavy (non-hydrogen) atoms. The summed E-state index contributed by atoms with van der Waals surface area (Å²) in [6.45, 7) is 7.72. The van der Waals surface area contributed by atoms with E-state index in [1.165, 1.54) is 0 Å². The maximum atomic E-state index is 9.20. The van der Waals surface area contributed by atoms with Gasteiger partial charge in [-0.15, -0.1) is 0 Å². The van der Waals surface area contributed by atoms with Crippen LogP contribution in [0.15, 0.2) is 12.3 Å². The van der Waals surface area contributed by atoms with Gasteiger partial charge in [0.2, 0.25) is 5.95 Å². The highest BCUT2D eigenvalue weighted by atomic mass is 15.3. The second-order valence-corrected chi connectivity index (χ2v) is 4.95. The van der Waals surface area contributed by atoms with Gasteiger partial charge in [-0.05, 0) is 19.4 Å². The van der Waals surface area contributed by atoms with Crippen molar-refractivity contribution in [2.45, 2.75) is 32.7 Å². The summed E-state index contributed by atoms with van der Waals surface area (Å²) in [6, 6.07) is 4.38. The van der Waals surface area contributed by atoms with Gasteiger partial charge in [0.15, 0.2) is 0 Å². The Morgan fingerprint density at radius 2 is 2.11 bits per heavy atom. The number of hydrogen-bond acceptors (Lipinski definition) is 5. The van der Waals surface area contributed by atoms with E-state index >= 15 is 0 Å². The molecule has 0 bridgehead atoms. The van der Waals surface area contributed by atoms with E-state index in [9.17, 15) is 5.26 Å². The first-order valence-electron chi connectivity index (χ1n) is 6.93. The minimum absolute atomic E-state index is 0.0607.